The van der Waals surface area contributed by atoms with Crippen molar-refractivity contribution in [2.45, 2.75) is 33.4 Å². The summed E-state index contributed by atoms with van der Waals surface area (Å²) in [6.07, 6.45) is 0.422. The molecule has 0 aromatic heterocycles. The van der Waals surface area contributed by atoms with Gasteiger partial charge in [0.2, 0.25) is 0 Å². The summed E-state index contributed by atoms with van der Waals surface area (Å²) in [5.41, 5.74) is 0. The molecule has 1 fully saturated rings. The van der Waals surface area contributed by atoms with Gasteiger partial charge >= 0.3 is 0 Å². The molecule has 2 unspecified atom stereocenters. The number of rotatable bonds is 2. The van der Waals surface area contributed by atoms with E-state index in [1.54, 1.807) is 0 Å². The Hall–Kier alpha value is -0.110. The van der Waals surface area contributed by atoms with Crippen molar-refractivity contribution in [3.05, 3.63) is 0 Å². The summed E-state index contributed by atoms with van der Waals surface area (Å²) in [4.78, 5) is 2.25. The Morgan fingerprint density at radius 2 is 2.17 bits per heavy atom. The summed E-state index contributed by atoms with van der Waals surface area (Å²) in [7, 11) is 0. The van der Waals surface area contributed by atoms with E-state index in [1.807, 2.05) is 6.92 Å². The van der Waals surface area contributed by atoms with Crippen molar-refractivity contribution >= 4 is 0 Å². The summed E-state index contributed by atoms with van der Waals surface area (Å²) in [5, 5.41) is 0. The van der Waals surface area contributed by atoms with Crippen molar-refractivity contribution in [2.75, 3.05) is 19.6 Å². The van der Waals surface area contributed by atoms with Crippen molar-refractivity contribution in [1.29, 1.82) is 0 Å². The van der Waals surface area contributed by atoms with E-state index < -0.39 is 6.17 Å². The molecule has 0 N–H and O–H groups in total. The molecular weight excluding hydrogens is 153 g/mol. The molecule has 0 spiro atoms. The zero-order chi connectivity index (χ0) is 9.14. The van der Waals surface area contributed by atoms with Crippen LogP contribution >= 0.6 is 0 Å². The molecule has 0 saturated carbocycles. The van der Waals surface area contributed by atoms with Gasteiger partial charge in [-0.25, -0.2) is 4.39 Å². The van der Waals surface area contributed by atoms with Crippen LogP contribution in [0.1, 0.15) is 27.2 Å². The van der Waals surface area contributed by atoms with Crippen LogP contribution in [0.2, 0.25) is 0 Å². The van der Waals surface area contributed by atoms with Crippen LogP contribution in [0.25, 0.3) is 0 Å². The van der Waals surface area contributed by atoms with E-state index in [1.165, 1.54) is 0 Å². The molecule has 2 heteroatoms. The molecule has 1 saturated heterocycles. The van der Waals surface area contributed by atoms with Gasteiger partial charge in [-0.3, -0.25) is 0 Å². The first-order chi connectivity index (χ1) is 5.59. The van der Waals surface area contributed by atoms with Crippen molar-refractivity contribution in [2.24, 2.45) is 11.8 Å². The summed E-state index contributed by atoms with van der Waals surface area (Å²) in [6.45, 7) is 9.17. The van der Waals surface area contributed by atoms with E-state index in [-0.39, 0.29) is 5.92 Å². The molecule has 0 aliphatic carbocycles. The van der Waals surface area contributed by atoms with Crippen LogP contribution in [-0.4, -0.2) is 30.7 Å². The van der Waals surface area contributed by atoms with Gasteiger partial charge in [-0.05, 0) is 24.8 Å². The summed E-state index contributed by atoms with van der Waals surface area (Å²) < 4.78 is 13.2. The van der Waals surface area contributed by atoms with Crippen molar-refractivity contribution in [3.8, 4) is 0 Å². The van der Waals surface area contributed by atoms with Crippen molar-refractivity contribution in [1.82, 2.24) is 4.90 Å². The summed E-state index contributed by atoms with van der Waals surface area (Å²) in [6, 6.07) is 0. The first-order valence-electron chi connectivity index (χ1n) is 4.96. The monoisotopic (exact) mass is 173 g/mol. The first-order valence-corrected chi connectivity index (χ1v) is 4.96. The molecule has 0 aromatic carbocycles. The van der Waals surface area contributed by atoms with E-state index in [0.29, 0.717) is 12.5 Å². The lowest BCUT2D eigenvalue weighted by Crippen LogP contribution is -2.42. The van der Waals surface area contributed by atoms with Gasteiger partial charge in [-0.15, -0.1) is 0 Å². The Morgan fingerprint density at radius 3 is 2.67 bits per heavy atom. The van der Waals surface area contributed by atoms with Gasteiger partial charge in [-0.2, -0.15) is 0 Å². The fraction of sp³-hybridized carbons (Fsp3) is 1.00. The molecule has 1 rings (SSSR count). The highest BCUT2D eigenvalue weighted by Gasteiger charge is 2.25. The van der Waals surface area contributed by atoms with Crippen LogP contribution < -0.4 is 0 Å². The van der Waals surface area contributed by atoms with E-state index in [4.69, 9.17) is 0 Å². The second-order valence-corrected chi connectivity index (χ2v) is 4.44. The third-order valence-electron chi connectivity index (χ3n) is 2.57. The van der Waals surface area contributed by atoms with Crippen LogP contribution in [0.5, 0.6) is 0 Å². The largest absolute Gasteiger partial charge is 0.300 e. The number of hydrogen-bond acceptors (Lipinski definition) is 1. The minimum absolute atomic E-state index is 0.272. The second kappa shape index (κ2) is 4.22. The minimum Gasteiger partial charge on any atom is -0.300 e. The molecule has 0 radical (unpaired) electrons. The Bertz CT molecular complexity index is 136. The van der Waals surface area contributed by atoms with E-state index in [2.05, 4.69) is 18.7 Å². The highest BCUT2D eigenvalue weighted by atomic mass is 19.1. The maximum Gasteiger partial charge on any atom is 0.115 e. The number of alkyl halides is 1. The van der Waals surface area contributed by atoms with Gasteiger partial charge in [0.1, 0.15) is 6.17 Å². The highest BCUT2D eigenvalue weighted by Crippen LogP contribution is 2.20. The molecule has 0 amide bonds. The van der Waals surface area contributed by atoms with Gasteiger partial charge in [0.05, 0.1) is 0 Å². The van der Waals surface area contributed by atoms with Gasteiger partial charge in [0.15, 0.2) is 0 Å². The van der Waals surface area contributed by atoms with Gasteiger partial charge in [0, 0.05) is 13.1 Å². The Labute approximate surface area is 74.9 Å². The lowest BCUT2D eigenvalue weighted by atomic mass is 9.96. The molecule has 0 bridgehead atoms. The third kappa shape index (κ3) is 2.74. The van der Waals surface area contributed by atoms with Crippen molar-refractivity contribution < 1.29 is 4.39 Å². The number of likely N-dealkylation sites (tertiary alicyclic amines) is 1. The standard InChI is InChI=1S/C10H20FN/c1-8(2)6-12-5-4-9(3)10(11)7-12/h8-10H,4-7H2,1-3H3. The maximum atomic E-state index is 13.2. The van der Waals surface area contributed by atoms with Crippen LogP contribution in [0.3, 0.4) is 0 Å². The lowest BCUT2D eigenvalue weighted by Gasteiger charge is -2.33. The minimum atomic E-state index is -0.600. The fourth-order valence-electron chi connectivity index (χ4n) is 1.77. The van der Waals surface area contributed by atoms with Crippen LogP contribution in [-0.2, 0) is 0 Å². The molecule has 1 aliphatic heterocycles. The number of nitrogens with zero attached hydrogens (tertiary/aromatic N) is 1. The van der Waals surface area contributed by atoms with Crippen molar-refractivity contribution in [3.63, 3.8) is 0 Å². The fourth-order valence-corrected chi connectivity index (χ4v) is 1.77. The van der Waals surface area contributed by atoms with Gasteiger partial charge < -0.3 is 4.90 Å². The second-order valence-electron chi connectivity index (χ2n) is 4.44. The molecule has 2 atom stereocenters. The van der Waals surface area contributed by atoms with Crippen LogP contribution in [0.4, 0.5) is 4.39 Å². The van der Waals surface area contributed by atoms with Crippen LogP contribution in [0, 0.1) is 11.8 Å². The predicted octanol–water partition coefficient (Wildman–Crippen LogP) is 2.32. The summed E-state index contributed by atoms with van der Waals surface area (Å²) in [5.74, 6) is 0.930. The third-order valence-corrected chi connectivity index (χ3v) is 2.57. The summed E-state index contributed by atoms with van der Waals surface area (Å²) >= 11 is 0. The quantitative estimate of drug-likeness (QED) is 0.619. The van der Waals surface area contributed by atoms with E-state index in [0.717, 1.165) is 19.5 Å². The first kappa shape index (κ1) is 9.97. The zero-order valence-corrected chi connectivity index (χ0v) is 8.39. The molecule has 12 heavy (non-hydrogen) atoms. The molecular formula is C10H20FN. The number of piperidine rings is 1. The van der Waals surface area contributed by atoms with E-state index >= 15 is 0 Å². The molecule has 1 nitrogen and oxygen atoms in total. The Balaban J connectivity index is 2.30. The molecule has 1 heterocycles. The topological polar surface area (TPSA) is 3.24 Å². The lowest BCUT2D eigenvalue weighted by molar-refractivity contribution is 0.0854. The smallest absolute Gasteiger partial charge is 0.115 e. The molecule has 0 aromatic rings. The van der Waals surface area contributed by atoms with Crippen LogP contribution in [0.15, 0.2) is 0 Å². The molecule has 1 aliphatic rings. The van der Waals surface area contributed by atoms with Gasteiger partial charge in [0.25, 0.3) is 0 Å². The number of halogens is 1. The Kier molecular flexibility index (Phi) is 3.51. The zero-order valence-electron chi connectivity index (χ0n) is 8.39. The average molecular weight is 173 g/mol. The SMILES string of the molecule is CC(C)CN1CCC(C)C(F)C1. The number of hydrogen-bond donors (Lipinski definition) is 0. The van der Waals surface area contributed by atoms with Gasteiger partial charge in [-0.1, -0.05) is 20.8 Å². The maximum absolute atomic E-state index is 13.2. The normalized spacial score (nSPS) is 32.8. The predicted molar refractivity (Wildman–Crippen MR) is 50.0 cm³/mol. The molecule has 72 valence electrons. The Morgan fingerprint density at radius 1 is 1.50 bits per heavy atom. The average Bonchev–Trinajstić information content (AvgIpc) is 1.96. The van der Waals surface area contributed by atoms with E-state index in [9.17, 15) is 4.39 Å². The highest BCUT2D eigenvalue weighted by molar-refractivity contribution is 4.77.